The molecule has 0 spiro atoms. The third kappa shape index (κ3) is 3.00. The van der Waals surface area contributed by atoms with Crippen molar-refractivity contribution in [2.24, 2.45) is 0 Å². The Morgan fingerprint density at radius 2 is 1.81 bits per heavy atom. The van der Waals surface area contributed by atoms with E-state index in [4.69, 9.17) is 11.6 Å². The molecule has 1 heterocycles. The van der Waals surface area contributed by atoms with Crippen molar-refractivity contribution >= 4 is 39.3 Å². The third-order valence-corrected chi connectivity index (χ3v) is 4.07. The van der Waals surface area contributed by atoms with Gasteiger partial charge in [0, 0.05) is 14.4 Å². The Kier molecular flexibility index (Phi) is 3.90. The number of rotatable bonds is 2. The molecule has 0 bridgehead atoms. The predicted octanol–water partition coefficient (Wildman–Crippen LogP) is 4.96. The first kappa shape index (κ1) is 12.0. The second-order valence-corrected chi connectivity index (χ2v) is 5.66. The topological polar surface area (TPSA) is 12.9 Å². The molecule has 0 amide bonds. The van der Waals surface area contributed by atoms with Crippen molar-refractivity contribution in [1.82, 2.24) is 4.98 Å². The summed E-state index contributed by atoms with van der Waals surface area (Å²) in [5.41, 5.74) is 0.999. The van der Waals surface area contributed by atoms with Gasteiger partial charge in [-0.15, -0.1) is 0 Å². The predicted molar refractivity (Wildman–Crippen MR) is 72.2 cm³/mol. The normalized spacial score (nSPS) is 10.4. The van der Waals surface area contributed by atoms with Crippen LogP contribution in [0, 0.1) is 6.92 Å². The summed E-state index contributed by atoms with van der Waals surface area (Å²) in [5, 5.41) is 1.74. The van der Waals surface area contributed by atoms with Gasteiger partial charge in [0.15, 0.2) is 0 Å². The molecule has 1 aromatic carbocycles. The SMILES string of the molecule is Cc1nc(Sc2ccc(Cl)cc2)ccc1Br. The summed E-state index contributed by atoms with van der Waals surface area (Å²) >= 11 is 10.9. The maximum absolute atomic E-state index is 5.83. The van der Waals surface area contributed by atoms with Crippen LogP contribution < -0.4 is 0 Å². The Hall–Kier alpha value is -0.510. The standard InChI is InChI=1S/C12H9BrClNS/c1-8-11(13)6-7-12(15-8)16-10-4-2-9(14)3-5-10/h2-7H,1H3. The maximum Gasteiger partial charge on any atom is 0.101 e. The highest BCUT2D eigenvalue weighted by Crippen LogP contribution is 2.28. The van der Waals surface area contributed by atoms with Crippen molar-refractivity contribution in [1.29, 1.82) is 0 Å². The highest BCUT2D eigenvalue weighted by atomic mass is 79.9. The number of aromatic nitrogens is 1. The number of halogens is 2. The summed E-state index contributed by atoms with van der Waals surface area (Å²) in [4.78, 5) is 5.61. The zero-order valence-corrected chi connectivity index (χ0v) is 11.7. The van der Waals surface area contributed by atoms with Gasteiger partial charge >= 0.3 is 0 Å². The first-order chi connectivity index (χ1) is 7.65. The zero-order valence-electron chi connectivity index (χ0n) is 8.58. The van der Waals surface area contributed by atoms with Crippen LogP contribution in [0.5, 0.6) is 0 Å². The van der Waals surface area contributed by atoms with E-state index in [1.54, 1.807) is 11.8 Å². The van der Waals surface area contributed by atoms with E-state index in [9.17, 15) is 0 Å². The van der Waals surface area contributed by atoms with E-state index in [2.05, 4.69) is 20.9 Å². The molecule has 82 valence electrons. The van der Waals surface area contributed by atoms with Crippen molar-refractivity contribution in [3.8, 4) is 0 Å². The van der Waals surface area contributed by atoms with E-state index in [0.29, 0.717) is 0 Å². The highest BCUT2D eigenvalue weighted by molar-refractivity contribution is 9.10. The molecular weight excluding hydrogens is 306 g/mol. The molecule has 0 N–H and O–H groups in total. The summed E-state index contributed by atoms with van der Waals surface area (Å²) in [6.07, 6.45) is 0. The van der Waals surface area contributed by atoms with Crippen molar-refractivity contribution in [3.05, 3.63) is 51.6 Å². The smallest absolute Gasteiger partial charge is 0.101 e. The molecule has 0 unspecified atom stereocenters. The average molecular weight is 315 g/mol. The van der Waals surface area contributed by atoms with Gasteiger partial charge in [-0.25, -0.2) is 4.98 Å². The first-order valence-corrected chi connectivity index (χ1v) is 6.70. The van der Waals surface area contributed by atoms with Gasteiger partial charge in [0.25, 0.3) is 0 Å². The lowest BCUT2D eigenvalue weighted by atomic mass is 10.4. The molecule has 2 rings (SSSR count). The highest BCUT2D eigenvalue weighted by Gasteiger charge is 2.01. The lowest BCUT2D eigenvalue weighted by Gasteiger charge is -2.03. The number of nitrogens with zero attached hydrogens (tertiary/aromatic N) is 1. The number of aryl methyl sites for hydroxylation is 1. The Balaban J connectivity index is 2.20. The van der Waals surface area contributed by atoms with Crippen molar-refractivity contribution < 1.29 is 0 Å². The van der Waals surface area contributed by atoms with Gasteiger partial charge in [-0.2, -0.15) is 0 Å². The molecule has 0 saturated carbocycles. The number of hydrogen-bond acceptors (Lipinski definition) is 2. The van der Waals surface area contributed by atoms with E-state index in [1.165, 1.54) is 0 Å². The van der Waals surface area contributed by atoms with Gasteiger partial charge in [-0.1, -0.05) is 23.4 Å². The molecule has 0 atom stereocenters. The van der Waals surface area contributed by atoms with E-state index in [1.807, 2.05) is 43.3 Å². The minimum Gasteiger partial charge on any atom is -0.245 e. The fourth-order valence-electron chi connectivity index (χ4n) is 1.20. The van der Waals surface area contributed by atoms with Crippen LogP contribution in [0.1, 0.15) is 5.69 Å². The van der Waals surface area contributed by atoms with Gasteiger partial charge in [0.05, 0.1) is 5.69 Å². The minimum atomic E-state index is 0.754. The van der Waals surface area contributed by atoms with Crippen molar-refractivity contribution in [2.75, 3.05) is 0 Å². The molecule has 2 aromatic rings. The zero-order chi connectivity index (χ0) is 11.5. The summed E-state index contributed by atoms with van der Waals surface area (Å²) in [6, 6.07) is 11.8. The largest absolute Gasteiger partial charge is 0.245 e. The molecule has 1 aromatic heterocycles. The fourth-order valence-corrected chi connectivity index (χ4v) is 2.38. The van der Waals surface area contributed by atoms with Crippen LogP contribution in [-0.2, 0) is 0 Å². The van der Waals surface area contributed by atoms with Crippen LogP contribution >= 0.6 is 39.3 Å². The van der Waals surface area contributed by atoms with Gasteiger partial charge in [0.1, 0.15) is 5.03 Å². The molecule has 0 aliphatic carbocycles. The number of benzene rings is 1. The monoisotopic (exact) mass is 313 g/mol. The van der Waals surface area contributed by atoms with Crippen LogP contribution in [0.2, 0.25) is 5.02 Å². The molecule has 0 aliphatic heterocycles. The van der Waals surface area contributed by atoms with E-state index >= 15 is 0 Å². The summed E-state index contributed by atoms with van der Waals surface area (Å²) < 4.78 is 1.04. The van der Waals surface area contributed by atoms with Crippen LogP contribution in [0.15, 0.2) is 50.8 Å². The van der Waals surface area contributed by atoms with Crippen molar-refractivity contribution in [3.63, 3.8) is 0 Å². The lowest BCUT2D eigenvalue weighted by molar-refractivity contribution is 1.05. The molecule has 1 nitrogen and oxygen atoms in total. The molecule has 4 heteroatoms. The van der Waals surface area contributed by atoms with Crippen LogP contribution in [-0.4, -0.2) is 4.98 Å². The van der Waals surface area contributed by atoms with E-state index < -0.39 is 0 Å². The van der Waals surface area contributed by atoms with E-state index in [-0.39, 0.29) is 0 Å². The first-order valence-electron chi connectivity index (χ1n) is 4.72. The molecule has 0 radical (unpaired) electrons. The Bertz CT molecular complexity index is 499. The van der Waals surface area contributed by atoms with Gasteiger partial charge in [-0.05, 0) is 59.3 Å². The number of pyridine rings is 1. The van der Waals surface area contributed by atoms with Gasteiger partial charge in [0.2, 0.25) is 0 Å². The second-order valence-electron chi connectivity index (χ2n) is 3.27. The second kappa shape index (κ2) is 5.21. The Morgan fingerprint density at radius 1 is 1.12 bits per heavy atom. The average Bonchev–Trinajstić information content (AvgIpc) is 2.27. The van der Waals surface area contributed by atoms with Gasteiger partial charge < -0.3 is 0 Å². The number of hydrogen-bond donors (Lipinski definition) is 0. The minimum absolute atomic E-state index is 0.754. The summed E-state index contributed by atoms with van der Waals surface area (Å²) in [7, 11) is 0. The Morgan fingerprint density at radius 3 is 2.44 bits per heavy atom. The lowest BCUT2D eigenvalue weighted by Crippen LogP contribution is -1.85. The molecule has 16 heavy (non-hydrogen) atoms. The Labute approximate surface area is 112 Å². The van der Waals surface area contributed by atoms with Crippen LogP contribution in [0.25, 0.3) is 0 Å². The maximum atomic E-state index is 5.83. The molecule has 0 saturated heterocycles. The van der Waals surface area contributed by atoms with Crippen molar-refractivity contribution in [2.45, 2.75) is 16.8 Å². The van der Waals surface area contributed by atoms with E-state index in [0.717, 1.165) is 25.1 Å². The summed E-state index contributed by atoms with van der Waals surface area (Å²) in [5.74, 6) is 0. The summed E-state index contributed by atoms with van der Waals surface area (Å²) in [6.45, 7) is 1.98. The van der Waals surface area contributed by atoms with Gasteiger partial charge in [-0.3, -0.25) is 0 Å². The molecule has 0 fully saturated rings. The third-order valence-electron chi connectivity index (χ3n) is 2.03. The van der Waals surface area contributed by atoms with Crippen LogP contribution in [0.4, 0.5) is 0 Å². The van der Waals surface area contributed by atoms with Crippen LogP contribution in [0.3, 0.4) is 0 Å². The molecule has 0 aliphatic rings. The quantitative estimate of drug-likeness (QED) is 0.777. The molecular formula is C12H9BrClNS. The fraction of sp³-hybridized carbons (Fsp3) is 0.0833.